The van der Waals surface area contributed by atoms with Crippen LogP contribution in [0.2, 0.25) is 0 Å². The van der Waals surface area contributed by atoms with Gasteiger partial charge in [0.05, 0.1) is 18.3 Å². The largest absolute Gasteiger partial charge is 0.497 e. The van der Waals surface area contributed by atoms with Crippen LogP contribution in [0.4, 0.5) is 11.4 Å². The maximum absolute atomic E-state index is 12.7. The molecule has 0 aliphatic rings. The van der Waals surface area contributed by atoms with Crippen molar-refractivity contribution < 1.29 is 22.4 Å². The summed E-state index contributed by atoms with van der Waals surface area (Å²) < 4.78 is 38.1. The van der Waals surface area contributed by atoms with Crippen molar-refractivity contribution in [3.8, 4) is 5.75 Å². The second kappa shape index (κ2) is 8.66. The van der Waals surface area contributed by atoms with Crippen LogP contribution in [0.25, 0.3) is 6.08 Å². The highest BCUT2D eigenvalue weighted by atomic mass is 32.2. The standard InChI is InChI=1S/C21H20N2O5S/c1-15-5-11-19(29(25,26)23-16-6-8-17(27-2)9-7-16)14-20(15)22-21(24)12-10-18-4-3-13-28-18/h3-14,23H,1-2H3,(H,22,24)/b12-10+. The first-order chi connectivity index (χ1) is 13.9. The fourth-order valence-electron chi connectivity index (χ4n) is 2.49. The Bertz CT molecular complexity index is 1120. The maximum Gasteiger partial charge on any atom is 0.261 e. The molecule has 0 saturated heterocycles. The number of aryl methyl sites for hydroxylation is 1. The molecule has 29 heavy (non-hydrogen) atoms. The van der Waals surface area contributed by atoms with Crippen molar-refractivity contribution in [2.24, 2.45) is 0 Å². The number of anilines is 2. The fourth-order valence-corrected chi connectivity index (χ4v) is 3.58. The molecule has 8 heteroatoms. The van der Waals surface area contributed by atoms with E-state index in [1.54, 1.807) is 49.4 Å². The van der Waals surface area contributed by atoms with Crippen molar-refractivity contribution in [3.05, 3.63) is 78.3 Å². The minimum Gasteiger partial charge on any atom is -0.497 e. The summed E-state index contributed by atoms with van der Waals surface area (Å²) >= 11 is 0. The molecule has 3 rings (SSSR count). The van der Waals surface area contributed by atoms with E-state index in [2.05, 4.69) is 10.0 Å². The van der Waals surface area contributed by atoms with E-state index >= 15 is 0 Å². The van der Waals surface area contributed by atoms with Gasteiger partial charge in [0.15, 0.2) is 0 Å². The Labute approximate surface area is 169 Å². The summed E-state index contributed by atoms with van der Waals surface area (Å²) in [5, 5.41) is 2.69. The van der Waals surface area contributed by atoms with Crippen molar-refractivity contribution in [2.75, 3.05) is 17.1 Å². The Morgan fingerprint density at radius 1 is 1.10 bits per heavy atom. The number of benzene rings is 2. The first-order valence-electron chi connectivity index (χ1n) is 8.67. The molecule has 1 heterocycles. The number of sulfonamides is 1. The van der Waals surface area contributed by atoms with Gasteiger partial charge in [-0.05, 0) is 67.1 Å². The summed E-state index contributed by atoms with van der Waals surface area (Å²) in [7, 11) is -2.30. The van der Waals surface area contributed by atoms with E-state index in [1.165, 1.54) is 37.7 Å². The van der Waals surface area contributed by atoms with Crippen LogP contribution in [0.15, 0.2) is 76.2 Å². The quantitative estimate of drug-likeness (QED) is 0.571. The summed E-state index contributed by atoms with van der Waals surface area (Å²) in [6, 6.07) is 14.5. The van der Waals surface area contributed by atoms with Crippen LogP contribution in [0.5, 0.6) is 5.75 Å². The van der Waals surface area contributed by atoms with Crippen molar-refractivity contribution >= 4 is 33.4 Å². The van der Waals surface area contributed by atoms with Gasteiger partial charge in [-0.15, -0.1) is 0 Å². The van der Waals surface area contributed by atoms with Crippen LogP contribution in [0.3, 0.4) is 0 Å². The van der Waals surface area contributed by atoms with E-state index in [1.807, 2.05) is 0 Å². The molecule has 0 atom stereocenters. The summed E-state index contributed by atoms with van der Waals surface area (Å²) in [5.41, 5.74) is 1.53. The molecule has 0 aliphatic heterocycles. The average Bonchev–Trinajstić information content (AvgIpc) is 3.22. The predicted molar refractivity (Wildman–Crippen MR) is 111 cm³/mol. The molecule has 0 radical (unpaired) electrons. The van der Waals surface area contributed by atoms with Crippen LogP contribution >= 0.6 is 0 Å². The number of hydrogen-bond acceptors (Lipinski definition) is 5. The first kappa shape index (κ1) is 20.2. The second-order valence-corrected chi connectivity index (χ2v) is 7.83. The number of furan rings is 1. The van der Waals surface area contributed by atoms with Gasteiger partial charge in [-0.25, -0.2) is 8.42 Å². The lowest BCUT2D eigenvalue weighted by molar-refractivity contribution is -0.111. The molecular formula is C21H20N2O5S. The highest BCUT2D eigenvalue weighted by molar-refractivity contribution is 7.92. The van der Waals surface area contributed by atoms with Crippen LogP contribution in [0, 0.1) is 6.92 Å². The molecule has 1 amide bonds. The third kappa shape index (κ3) is 5.26. The van der Waals surface area contributed by atoms with E-state index in [9.17, 15) is 13.2 Å². The number of methoxy groups -OCH3 is 1. The number of amides is 1. The molecule has 0 fully saturated rings. The lowest BCUT2D eigenvalue weighted by atomic mass is 10.2. The van der Waals surface area contributed by atoms with Gasteiger partial charge >= 0.3 is 0 Å². The van der Waals surface area contributed by atoms with Gasteiger partial charge in [-0.1, -0.05) is 6.07 Å². The summed E-state index contributed by atoms with van der Waals surface area (Å²) in [5.74, 6) is 0.759. The zero-order valence-corrected chi connectivity index (χ0v) is 16.7. The van der Waals surface area contributed by atoms with E-state index < -0.39 is 15.9 Å². The molecule has 0 bridgehead atoms. The van der Waals surface area contributed by atoms with Gasteiger partial charge in [0.25, 0.3) is 10.0 Å². The maximum atomic E-state index is 12.7. The second-order valence-electron chi connectivity index (χ2n) is 6.15. The Hall–Kier alpha value is -3.52. The van der Waals surface area contributed by atoms with Crippen LogP contribution in [-0.4, -0.2) is 21.4 Å². The Kier molecular flexibility index (Phi) is 6.04. The first-order valence-corrected chi connectivity index (χ1v) is 10.2. The molecule has 0 spiro atoms. The Morgan fingerprint density at radius 2 is 1.86 bits per heavy atom. The van der Waals surface area contributed by atoms with E-state index in [4.69, 9.17) is 9.15 Å². The molecular weight excluding hydrogens is 392 g/mol. The third-order valence-electron chi connectivity index (χ3n) is 4.06. The fraction of sp³-hybridized carbons (Fsp3) is 0.0952. The molecule has 2 N–H and O–H groups in total. The van der Waals surface area contributed by atoms with Crippen molar-refractivity contribution in [3.63, 3.8) is 0 Å². The van der Waals surface area contributed by atoms with Crippen molar-refractivity contribution in [2.45, 2.75) is 11.8 Å². The minimum atomic E-state index is -3.83. The number of carbonyl (C=O) groups is 1. The average molecular weight is 412 g/mol. The van der Waals surface area contributed by atoms with Crippen LogP contribution in [0.1, 0.15) is 11.3 Å². The summed E-state index contributed by atoms with van der Waals surface area (Å²) in [6.07, 6.45) is 4.34. The normalized spacial score (nSPS) is 11.4. The van der Waals surface area contributed by atoms with E-state index in [0.29, 0.717) is 22.9 Å². The molecule has 0 unspecified atom stereocenters. The zero-order chi connectivity index (χ0) is 20.9. The number of hydrogen-bond donors (Lipinski definition) is 2. The lowest BCUT2D eigenvalue weighted by Gasteiger charge is -2.12. The monoisotopic (exact) mass is 412 g/mol. The van der Waals surface area contributed by atoms with E-state index in [0.717, 1.165) is 5.56 Å². The number of rotatable bonds is 7. The highest BCUT2D eigenvalue weighted by Gasteiger charge is 2.16. The van der Waals surface area contributed by atoms with Gasteiger partial charge in [-0.2, -0.15) is 0 Å². The number of ether oxygens (including phenoxy) is 1. The SMILES string of the molecule is COc1ccc(NS(=O)(=O)c2ccc(C)c(NC(=O)/C=C/c3ccco3)c2)cc1. The Balaban J connectivity index is 1.76. The summed E-state index contributed by atoms with van der Waals surface area (Å²) in [6.45, 7) is 1.78. The molecule has 150 valence electrons. The van der Waals surface area contributed by atoms with Gasteiger partial charge in [0, 0.05) is 17.5 Å². The molecule has 0 saturated carbocycles. The molecule has 2 aromatic carbocycles. The van der Waals surface area contributed by atoms with E-state index in [-0.39, 0.29) is 4.90 Å². The predicted octanol–water partition coefficient (Wildman–Crippen LogP) is 4.05. The van der Waals surface area contributed by atoms with Gasteiger partial charge in [0.1, 0.15) is 11.5 Å². The van der Waals surface area contributed by atoms with Crippen LogP contribution in [-0.2, 0) is 14.8 Å². The minimum absolute atomic E-state index is 0.0317. The van der Waals surface area contributed by atoms with Crippen LogP contribution < -0.4 is 14.8 Å². The smallest absolute Gasteiger partial charge is 0.261 e. The Morgan fingerprint density at radius 3 is 2.52 bits per heavy atom. The zero-order valence-electron chi connectivity index (χ0n) is 15.9. The van der Waals surface area contributed by atoms with Gasteiger partial charge < -0.3 is 14.5 Å². The lowest BCUT2D eigenvalue weighted by Crippen LogP contribution is -2.14. The molecule has 0 aliphatic carbocycles. The highest BCUT2D eigenvalue weighted by Crippen LogP contribution is 2.23. The van der Waals surface area contributed by atoms with Gasteiger partial charge in [0.2, 0.25) is 5.91 Å². The molecule has 1 aromatic heterocycles. The van der Waals surface area contributed by atoms with Crippen molar-refractivity contribution in [1.29, 1.82) is 0 Å². The topological polar surface area (TPSA) is 97.6 Å². The summed E-state index contributed by atoms with van der Waals surface area (Å²) in [4.78, 5) is 12.2. The van der Waals surface area contributed by atoms with Crippen molar-refractivity contribution in [1.82, 2.24) is 0 Å². The number of nitrogens with one attached hydrogen (secondary N) is 2. The third-order valence-corrected chi connectivity index (χ3v) is 5.44. The molecule has 3 aromatic rings. The number of carbonyl (C=O) groups excluding carboxylic acids is 1. The molecule has 7 nitrogen and oxygen atoms in total. The van der Waals surface area contributed by atoms with Gasteiger partial charge in [-0.3, -0.25) is 9.52 Å².